The van der Waals surface area contributed by atoms with Crippen molar-refractivity contribution in [3.05, 3.63) is 35.1 Å². The monoisotopic (exact) mass is 195 g/mol. The number of nitrogens with one attached hydrogen (secondary N) is 1. The highest BCUT2D eigenvalue weighted by Crippen LogP contribution is 2.09. The molecule has 0 fully saturated rings. The summed E-state index contributed by atoms with van der Waals surface area (Å²) >= 11 is 0. The average Bonchev–Trinajstić information content (AvgIpc) is 2.11. The van der Waals surface area contributed by atoms with Crippen LogP contribution in [0.5, 0.6) is 0 Å². The van der Waals surface area contributed by atoms with Gasteiger partial charge in [-0.1, -0.05) is 13.0 Å². The highest BCUT2D eigenvalue weighted by molar-refractivity contribution is 5.23. The van der Waals surface area contributed by atoms with Crippen LogP contribution in [0.1, 0.15) is 24.5 Å². The largest absolute Gasteiger partial charge is 0.317 e. The van der Waals surface area contributed by atoms with Crippen LogP contribution >= 0.6 is 0 Å². The smallest absolute Gasteiger partial charge is 0.123 e. The van der Waals surface area contributed by atoms with Crippen LogP contribution in [-0.4, -0.2) is 13.1 Å². The lowest BCUT2D eigenvalue weighted by molar-refractivity contribution is 0.620. The Hall–Kier alpha value is -0.890. The summed E-state index contributed by atoms with van der Waals surface area (Å²) in [6.07, 6.45) is 2.02. The standard InChI is InChI=1S/C12H18FN/c1-3-14-6-4-5-11-7-10(2)8-12(13)9-11/h7-9,14H,3-6H2,1-2H3. The first-order valence-electron chi connectivity index (χ1n) is 5.19. The van der Waals surface area contributed by atoms with Gasteiger partial charge in [0.05, 0.1) is 0 Å². The van der Waals surface area contributed by atoms with Gasteiger partial charge in [-0.2, -0.15) is 0 Å². The second kappa shape index (κ2) is 5.76. The Kier molecular flexibility index (Phi) is 4.60. The van der Waals surface area contributed by atoms with Crippen LogP contribution in [0.3, 0.4) is 0 Å². The van der Waals surface area contributed by atoms with Gasteiger partial charge < -0.3 is 5.32 Å². The summed E-state index contributed by atoms with van der Waals surface area (Å²) in [4.78, 5) is 0. The van der Waals surface area contributed by atoms with E-state index in [2.05, 4.69) is 18.3 Å². The van der Waals surface area contributed by atoms with Crippen LogP contribution in [0.25, 0.3) is 0 Å². The molecular formula is C12H18FN. The molecule has 1 nitrogen and oxygen atoms in total. The second-order valence-corrected chi connectivity index (χ2v) is 3.59. The molecule has 1 aromatic rings. The highest BCUT2D eigenvalue weighted by Gasteiger charge is 1.97. The molecule has 1 N–H and O–H groups in total. The number of halogens is 1. The minimum atomic E-state index is -0.122. The molecule has 1 rings (SSSR count). The molecule has 0 spiro atoms. The van der Waals surface area contributed by atoms with Crippen molar-refractivity contribution >= 4 is 0 Å². The Bertz CT molecular complexity index is 263. The molecule has 0 atom stereocenters. The number of hydrogen-bond donors (Lipinski definition) is 1. The summed E-state index contributed by atoms with van der Waals surface area (Å²) in [5, 5.41) is 3.25. The van der Waals surface area contributed by atoms with Crippen molar-refractivity contribution in [1.82, 2.24) is 5.32 Å². The molecule has 0 aliphatic carbocycles. The minimum Gasteiger partial charge on any atom is -0.317 e. The molecule has 0 saturated carbocycles. The summed E-state index contributed by atoms with van der Waals surface area (Å²) < 4.78 is 13.0. The van der Waals surface area contributed by atoms with E-state index in [0.29, 0.717) is 0 Å². The van der Waals surface area contributed by atoms with E-state index < -0.39 is 0 Å². The molecule has 0 heterocycles. The lowest BCUT2D eigenvalue weighted by Crippen LogP contribution is -2.14. The van der Waals surface area contributed by atoms with Crippen molar-refractivity contribution in [2.45, 2.75) is 26.7 Å². The van der Waals surface area contributed by atoms with Gasteiger partial charge in [-0.3, -0.25) is 0 Å². The van der Waals surface area contributed by atoms with Crippen molar-refractivity contribution in [1.29, 1.82) is 0 Å². The van der Waals surface area contributed by atoms with Crippen LogP contribution in [0.2, 0.25) is 0 Å². The maximum atomic E-state index is 13.0. The Morgan fingerprint density at radius 1 is 1.29 bits per heavy atom. The first-order valence-corrected chi connectivity index (χ1v) is 5.19. The van der Waals surface area contributed by atoms with Crippen LogP contribution in [-0.2, 0) is 6.42 Å². The molecule has 0 saturated heterocycles. The maximum Gasteiger partial charge on any atom is 0.123 e. The zero-order valence-electron chi connectivity index (χ0n) is 8.94. The van der Waals surface area contributed by atoms with E-state index in [1.165, 1.54) is 0 Å². The summed E-state index contributed by atoms with van der Waals surface area (Å²) in [6.45, 7) is 6.03. The molecule has 2 heteroatoms. The summed E-state index contributed by atoms with van der Waals surface area (Å²) in [7, 11) is 0. The minimum absolute atomic E-state index is 0.122. The fraction of sp³-hybridized carbons (Fsp3) is 0.500. The Morgan fingerprint density at radius 3 is 2.71 bits per heavy atom. The Morgan fingerprint density at radius 2 is 2.07 bits per heavy atom. The molecule has 78 valence electrons. The lowest BCUT2D eigenvalue weighted by atomic mass is 10.1. The number of hydrogen-bond acceptors (Lipinski definition) is 1. The fourth-order valence-electron chi connectivity index (χ4n) is 1.55. The molecule has 0 bridgehead atoms. The highest BCUT2D eigenvalue weighted by atomic mass is 19.1. The average molecular weight is 195 g/mol. The molecule has 14 heavy (non-hydrogen) atoms. The zero-order chi connectivity index (χ0) is 10.4. The van der Waals surface area contributed by atoms with Gasteiger partial charge in [-0.15, -0.1) is 0 Å². The topological polar surface area (TPSA) is 12.0 Å². The first-order chi connectivity index (χ1) is 6.72. The van der Waals surface area contributed by atoms with E-state index >= 15 is 0 Å². The quantitative estimate of drug-likeness (QED) is 0.712. The number of rotatable bonds is 5. The molecule has 0 aliphatic heterocycles. The summed E-state index contributed by atoms with van der Waals surface area (Å²) in [5.74, 6) is -0.122. The molecule has 0 aliphatic rings. The van der Waals surface area contributed by atoms with Gasteiger partial charge in [-0.25, -0.2) is 4.39 Å². The number of benzene rings is 1. The van der Waals surface area contributed by atoms with Gasteiger partial charge in [0.15, 0.2) is 0 Å². The predicted octanol–water partition coefficient (Wildman–Crippen LogP) is 2.68. The van der Waals surface area contributed by atoms with Crippen LogP contribution < -0.4 is 5.32 Å². The third kappa shape index (κ3) is 3.88. The van der Waals surface area contributed by atoms with Gasteiger partial charge in [0.2, 0.25) is 0 Å². The van der Waals surface area contributed by atoms with Gasteiger partial charge in [0.1, 0.15) is 5.82 Å². The van der Waals surface area contributed by atoms with Crippen molar-refractivity contribution in [3.63, 3.8) is 0 Å². The molecule has 1 aromatic carbocycles. The fourth-order valence-corrected chi connectivity index (χ4v) is 1.55. The van der Waals surface area contributed by atoms with E-state index in [1.807, 2.05) is 6.92 Å². The zero-order valence-corrected chi connectivity index (χ0v) is 8.94. The predicted molar refractivity (Wildman–Crippen MR) is 58.0 cm³/mol. The first kappa shape index (κ1) is 11.2. The van der Waals surface area contributed by atoms with E-state index in [9.17, 15) is 4.39 Å². The summed E-state index contributed by atoms with van der Waals surface area (Å²) in [5.41, 5.74) is 2.10. The Balaban J connectivity index is 2.42. The molecular weight excluding hydrogens is 177 g/mol. The van der Waals surface area contributed by atoms with Crippen LogP contribution in [0.4, 0.5) is 4.39 Å². The molecule has 0 amide bonds. The van der Waals surface area contributed by atoms with Crippen LogP contribution in [0.15, 0.2) is 18.2 Å². The van der Waals surface area contributed by atoms with Gasteiger partial charge in [-0.05, 0) is 56.1 Å². The van der Waals surface area contributed by atoms with Crippen molar-refractivity contribution in [3.8, 4) is 0 Å². The van der Waals surface area contributed by atoms with E-state index in [0.717, 1.165) is 37.1 Å². The summed E-state index contributed by atoms with van der Waals surface area (Å²) in [6, 6.07) is 5.24. The molecule has 0 unspecified atom stereocenters. The van der Waals surface area contributed by atoms with E-state index in [-0.39, 0.29) is 5.82 Å². The Labute approximate surface area is 85.3 Å². The van der Waals surface area contributed by atoms with Crippen molar-refractivity contribution in [2.75, 3.05) is 13.1 Å². The van der Waals surface area contributed by atoms with Gasteiger partial charge in [0.25, 0.3) is 0 Å². The van der Waals surface area contributed by atoms with Crippen molar-refractivity contribution < 1.29 is 4.39 Å². The third-order valence-corrected chi connectivity index (χ3v) is 2.17. The van der Waals surface area contributed by atoms with Crippen LogP contribution in [0, 0.1) is 12.7 Å². The van der Waals surface area contributed by atoms with E-state index in [4.69, 9.17) is 0 Å². The maximum absolute atomic E-state index is 13.0. The molecule has 0 radical (unpaired) electrons. The van der Waals surface area contributed by atoms with E-state index in [1.54, 1.807) is 12.1 Å². The van der Waals surface area contributed by atoms with Gasteiger partial charge >= 0.3 is 0 Å². The second-order valence-electron chi connectivity index (χ2n) is 3.59. The lowest BCUT2D eigenvalue weighted by Gasteiger charge is -2.04. The normalized spacial score (nSPS) is 10.5. The van der Waals surface area contributed by atoms with Crippen molar-refractivity contribution in [2.24, 2.45) is 0 Å². The van der Waals surface area contributed by atoms with Gasteiger partial charge in [0, 0.05) is 0 Å². The number of aryl methyl sites for hydroxylation is 2. The molecule has 0 aromatic heterocycles. The third-order valence-electron chi connectivity index (χ3n) is 2.17. The SMILES string of the molecule is CCNCCCc1cc(C)cc(F)c1.